The number of nitrogens with one attached hydrogen (secondary N) is 2. The van der Waals surface area contributed by atoms with E-state index < -0.39 is 5.97 Å². The lowest BCUT2D eigenvalue weighted by Crippen LogP contribution is -2.07. The molecule has 0 radical (unpaired) electrons. The average molecular weight is 286 g/mol. The largest absolute Gasteiger partial charge is 0.478 e. The maximum Gasteiger partial charge on any atom is 0.339 e. The summed E-state index contributed by atoms with van der Waals surface area (Å²) in [6, 6.07) is 7.04. The van der Waals surface area contributed by atoms with Gasteiger partial charge in [0.15, 0.2) is 0 Å². The topological polar surface area (TPSA) is 104 Å². The summed E-state index contributed by atoms with van der Waals surface area (Å²) >= 11 is 0. The molecule has 7 nitrogen and oxygen atoms in total. The van der Waals surface area contributed by atoms with E-state index in [1.807, 2.05) is 0 Å². The highest BCUT2D eigenvalue weighted by atomic mass is 16.4. The number of aryl methyl sites for hydroxylation is 1. The van der Waals surface area contributed by atoms with Gasteiger partial charge in [0, 0.05) is 24.5 Å². The predicted molar refractivity (Wildman–Crippen MR) is 77.8 cm³/mol. The van der Waals surface area contributed by atoms with Gasteiger partial charge in [-0.25, -0.2) is 14.8 Å². The second kappa shape index (κ2) is 6.00. The molecule has 0 atom stereocenters. The normalized spacial score (nSPS) is 10.0. The van der Waals surface area contributed by atoms with Crippen LogP contribution in [0.15, 0.2) is 30.5 Å². The van der Waals surface area contributed by atoms with Gasteiger partial charge in [0.05, 0.1) is 11.3 Å². The average Bonchev–Trinajstić information content (AvgIpc) is 2.37. The Morgan fingerprint density at radius 1 is 1.24 bits per heavy atom. The summed E-state index contributed by atoms with van der Waals surface area (Å²) in [6.45, 7) is 3.03. The van der Waals surface area contributed by atoms with Crippen molar-refractivity contribution in [1.29, 1.82) is 0 Å². The number of hydrogen-bond donors (Lipinski definition) is 3. The molecule has 7 heteroatoms. The number of carbonyl (C=O) groups is 2. The Bertz CT molecular complexity index is 700. The second-order valence-corrected chi connectivity index (χ2v) is 4.38. The van der Waals surface area contributed by atoms with Crippen molar-refractivity contribution in [3.63, 3.8) is 0 Å². The molecule has 0 saturated heterocycles. The van der Waals surface area contributed by atoms with Crippen molar-refractivity contribution >= 4 is 29.2 Å². The highest BCUT2D eigenvalue weighted by molar-refractivity contribution is 5.89. The number of carbonyl (C=O) groups excluding carboxylic acids is 1. The summed E-state index contributed by atoms with van der Waals surface area (Å²) in [5, 5.41) is 14.6. The Morgan fingerprint density at radius 2 is 1.95 bits per heavy atom. The molecular formula is C14H14N4O3. The van der Waals surface area contributed by atoms with Crippen molar-refractivity contribution in [3.05, 3.63) is 41.7 Å². The van der Waals surface area contributed by atoms with E-state index in [2.05, 4.69) is 20.6 Å². The van der Waals surface area contributed by atoms with Crippen molar-refractivity contribution in [1.82, 2.24) is 9.97 Å². The number of nitrogens with zero attached hydrogens (tertiary/aromatic N) is 2. The molecule has 0 aliphatic heterocycles. The molecule has 0 saturated carbocycles. The van der Waals surface area contributed by atoms with Crippen molar-refractivity contribution in [2.24, 2.45) is 0 Å². The van der Waals surface area contributed by atoms with Gasteiger partial charge in [0.1, 0.15) is 0 Å². The zero-order valence-corrected chi connectivity index (χ0v) is 11.5. The van der Waals surface area contributed by atoms with Crippen LogP contribution in [0.4, 0.5) is 17.3 Å². The minimum absolute atomic E-state index is 0.0625. The first kappa shape index (κ1) is 14.4. The summed E-state index contributed by atoms with van der Waals surface area (Å²) in [6.07, 6.45) is 1.25. The van der Waals surface area contributed by atoms with E-state index >= 15 is 0 Å². The predicted octanol–water partition coefficient (Wildman–Crippen LogP) is 2.19. The highest BCUT2D eigenvalue weighted by Crippen LogP contribution is 2.18. The molecular weight excluding hydrogens is 272 g/mol. The molecule has 1 heterocycles. The van der Waals surface area contributed by atoms with Gasteiger partial charge in [-0.3, -0.25) is 4.79 Å². The molecule has 1 amide bonds. The lowest BCUT2D eigenvalue weighted by molar-refractivity contribution is -0.114. The van der Waals surface area contributed by atoms with E-state index in [-0.39, 0.29) is 17.4 Å². The maximum atomic E-state index is 11.0. The summed E-state index contributed by atoms with van der Waals surface area (Å²) in [7, 11) is 0. The molecule has 3 N–H and O–H groups in total. The van der Waals surface area contributed by atoms with Crippen molar-refractivity contribution in [2.75, 3.05) is 10.6 Å². The first-order valence-corrected chi connectivity index (χ1v) is 6.17. The second-order valence-electron chi connectivity index (χ2n) is 4.38. The summed E-state index contributed by atoms with van der Waals surface area (Å²) in [4.78, 5) is 30.0. The lowest BCUT2D eigenvalue weighted by Gasteiger charge is -2.08. The number of aromatic nitrogens is 2. The summed E-state index contributed by atoms with van der Waals surface area (Å²) < 4.78 is 0. The van der Waals surface area contributed by atoms with Gasteiger partial charge < -0.3 is 15.7 Å². The van der Waals surface area contributed by atoms with Crippen molar-refractivity contribution in [2.45, 2.75) is 13.8 Å². The third-order valence-electron chi connectivity index (χ3n) is 2.65. The molecule has 0 spiro atoms. The van der Waals surface area contributed by atoms with E-state index in [1.165, 1.54) is 13.1 Å². The monoisotopic (exact) mass is 286 g/mol. The standard InChI is InChI=1S/C14H14N4O3/c1-8-12(13(20)21)7-15-14(16-8)18-11-5-3-4-10(6-11)17-9(2)19/h3-7H,1-2H3,(H,17,19)(H,20,21)(H,15,16,18). The van der Waals surface area contributed by atoms with Gasteiger partial charge in [-0.05, 0) is 25.1 Å². The van der Waals surface area contributed by atoms with Crippen LogP contribution in [0, 0.1) is 6.92 Å². The molecule has 0 bridgehead atoms. The molecule has 0 aliphatic rings. The van der Waals surface area contributed by atoms with Crippen LogP contribution >= 0.6 is 0 Å². The van der Waals surface area contributed by atoms with E-state index in [9.17, 15) is 9.59 Å². The Hall–Kier alpha value is -2.96. The van der Waals surface area contributed by atoms with Gasteiger partial charge >= 0.3 is 5.97 Å². The zero-order chi connectivity index (χ0) is 15.4. The number of aromatic carboxylic acids is 1. The number of hydrogen-bond acceptors (Lipinski definition) is 5. The van der Waals surface area contributed by atoms with Crippen LogP contribution in [0.25, 0.3) is 0 Å². The van der Waals surface area contributed by atoms with Crippen LogP contribution in [-0.4, -0.2) is 27.0 Å². The minimum atomic E-state index is -1.06. The van der Waals surface area contributed by atoms with Gasteiger partial charge in [0.2, 0.25) is 11.9 Å². The smallest absolute Gasteiger partial charge is 0.339 e. The number of carboxylic acid groups (broad SMARTS) is 1. The number of amides is 1. The van der Waals surface area contributed by atoms with Gasteiger partial charge in [-0.15, -0.1) is 0 Å². The molecule has 0 fully saturated rings. The van der Waals surface area contributed by atoms with Crippen LogP contribution in [0.2, 0.25) is 0 Å². The van der Waals surface area contributed by atoms with Crippen molar-refractivity contribution in [3.8, 4) is 0 Å². The van der Waals surface area contributed by atoms with Gasteiger partial charge in [0.25, 0.3) is 0 Å². The van der Waals surface area contributed by atoms with Crippen LogP contribution in [-0.2, 0) is 4.79 Å². The molecule has 21 heavy (non-hydrogen) atoms. The number of benzene rings is 1. The zero-order valence-electron chi connectivity index (χ0n) is 11.5. The van der Waals surface area contributed by atoms with Crippen LogP contribution in [0.3, 0.4) is 0 Å². The van der Waals surface area contributed by atoms with Crippen LogP contribution in [0.1, 0.15) is 23.0 Å². The molecule has 2 rings (SSSR count). The number of carboxylic acids is 1. The minimum Gasteiger partial charge on any atom is -0.478 e. The number of rotatable bonds is 4. The highest BCUT2D eigenvalue weighted by Gasteiger charge is 2.10. The first-order valence-electron chi connectivity index (χ1n) is 6.17. The summed E-state index contributed by atoms with van der Waals surface area (Å²) in [5.74, 6) is -0.936. The van der Waals surface area contributed by atoms with E-state index in [0.717, 1.165) is 0 Å². The van der Waals surface area contributed by atoms with Crippen molar-refractivity contribution < 1.29 is 14.7 Å². The molecule has 1 aromatic carbocycles. The Kier molecular flexibility index (Phi) is 4.13. The summed E-state index contributed by atoms with van der Waals surface area (Å²) in [5.41, 5.74) is 1.76. The Balaban J connectivity index is 2.20. The molecule has 108 valence electrons. The fraction of sp³-hybridized carbons (Fsp3) is 0.143. The first-order chi connectivity index (χ1) is 9.95. The fourth-order valence-electron chi connectivity index (χ4n) is 1.74. The lowest BCUT2D eigenvalue weighted by atomic mass is 10.2. The quantitative estimate of drug-likeness (QED) is 0.795. The van der Waals surface area contributed by atoms with Crippen LogP contribution < -0.4 is 10.6 Å². The van der Waals surface area contributed by atoms with Gasteiger partial charge in [-0.2, -0.15) is 0 Å². The Labute approximate surface area is 121 Å². The van der Waals surface area contributed by atoms with E-state index in [1.54, 1.807) is 31.2 Å². The Morgan fingerprint density at radius 3 is 2.57 bits per heavy atom. The molecule has 2 aromatic rings. The third kappa shape index (κ3) is 3.75. The van der Waals surface area contributed by atoms with E-state index in [0.29, 0.717) is 17.1 Å². The molecule has 0 unspecified atom stereocenters. The van der Waals surface area contributed by atoms with E-state index in [4.69, 9.17) is 5.11 Å². The van der Waals surface area contributed by atoms with Gasteiger partial charge in [-0.1, -0.05) is 6.07 Å². The van der Waals surface area contributed by atoms with Crippen LogP contribution in [0.5, 0.6) is 0 Å². The SMILES string of the molecule is CC(=O)Nc1cccc(Nc2ncc(C(=O)O)c(C)n2)c1. The molecule has 1 aromatic heterocycles. The number of anilines is 3. The molecule has 0 aliphatic carbocycles. The fourth-order valence-corrected chi connectivity index (χ4v) is 1.74. The maximum absolute atomic E-state index is 11.0. The third-order valence-corrected chi connectivity index (χ3v) is 2.65.